The Morgan fingerprint density at radius 1 is 1.29 bits per heavy atom. The third-order valence-corrected chi connectivity index (χ3v) is 1.91. The van der Waals surface area contributed by atoms with Crippen LogP contribution in [0.5, 0.6) is 5.75 Å². The Labute approximate surface area is 79.8 Å². The first-order chi connectivity index (χ1) is 6.56. The Balaban J connectivity index is 3.02. The summed E-state index contributed by atoms with van der Waals surface area (Å²) in [6, 6.07) is 0.738. The van der Waals surface area contributed by atoms with E-state index < -0.39 is 23.4 Å². The van der Waals surface area contributed by atoms with Crippen molar-refractivity contribution in [1.29, 1.82) is 0 Å². The number of aliphatic hydroxyl groups is 1. The Morgan fingerprint density at radius 2 is 1.93 bits per heavy atom. The van der Waals surface area contributed by atoms with E-state index in [4.69, 9.17) is 15.9 Å². The van der Waals surface area contributed by atoms with E-state index in [1.807, 2.05) is 0 Å². The third-order valence-electron chi connectivity index (χ3n) is 1.91. The Hall–Kier alpha value is -1.20. The molecule has 0 aromatic heterocycles. The number of hydrogen-bond acceptors (Lipinski definition) is 3. The molecule has 0 amide bonds. The first-order valence-electron chi connectivity index (χ1n) is 4.10. The highest BCUT2D eigenvalue weighted by molar-refractivity contribution is 5.31. The fourth-order valence-corrected chi connectivity index (χ4v) is 1.13. The maximum Gasteiger partial charge on any atom is 0.165 e. The minimum Gasteiger partial charge on any atom is -0.505 e. The lowest BCUT2D eigenvalue weighted by Crippen LogP contribution is -2.14. The number of phenolic OH excluding ortho intramolecular Hbond substituents is 1. The van der Waals surface area contributed by atoms with Gasteiger partial charge >= 0.3 is 0 Å². The molecule has 4 N–H and O–H groups in total. The van der Waals surface area contributed by atoms with Crippen LogP contribution < -0.4 is 5.73 Å². The molecule has 1 atom stereocenters. The van der Waals surface area contributed by atoms with E-state index in [1.54, 1.807) is 0 Å². The van der Waals surface area contributed by atoms with Crippen LogP contribution in [0.15, 0.2) is 12.1 Å². The summed E-state index contributed by atoms with van der Waals surface area (Å²) in [6.07, 6.45) is 0.140. The molecule has 0 aliphatic heterocycles. The average Bonchev–Trinajstić information content (AvgIpc) is 2.11. The molecule has 0 bridgehead atoms. The molecule has 5 heteroatoms. The van der Waals surface area contributed by atoms with Crippen LogP contribution in [0.3, 0.4) is 0 Å². The molecule has 1 aromatic carbocycles. The van der Waals surface area contributed by atoms with Crippen molar-refractivity contribution < 1.29 is 19.0 Å². The van der Waals surface area contributed by atoms with Crippen LogP contribution >= 0.6 is 0 Å². The Bertz CT molecular complexity index is 331. The summed E-state index contributed by atoms with van der Waals surface area (Å²) in [6.45, 7) is -0.205. The van der Waals surface area contributed by atoms with Crippen molar-refractivity contribution in [2.24, 2.45) is 5.73 Å². The van der Waals surface area contributed by atoms with Crippen molar-refractivity contribution in [1.82, 2.24) is 0 Å². The van der Waals surface area contributed by atoms with E-state index in [0.29, 0.717) is 6.07 Å². The number of halogens is 2. The van der Waals surface area contributed by atoms with Gasteiger partial charge in [0.15, 0.2) is 11.6 Å². The molecule has 14 heavy (non-hydrogen) atoms. The van der Waals surface area contributed by atoms with Gasteiger partial charge in [0.05, 0.1) is 0 Å². The van der Waals surface area contributed by atoms with Crippen LogP contribution in [0.25, 0.3) is 0 Å². The predicted molar refractivity (Wildman–Crippen MR) is 46.7 cm³/mol. The van der Waals surface area contributed by atoms with Gasteiger partial charge in [0.25, 0.3) is 0 Å². The van der Waals surface area contributed by atoms with Gasteiger partial charge in [0.2, 0.25) is 0 Å². The van der Waals surface area contributed by atoms with Gasteiger partial charge < -0.3 is 15.9 Å². The lowest BCUT2D eigenvalue weighted by atomic mass is 10.0. The lowest BCUT2D eigenvalue weighted by Gasteiger charge is -2.11. The first-order valence-corrected chi connectivity index (χ1v) is 4.10. The number of aromatic hydroxyl groups is 1. The molecule has 0 saturated heterocycles. The van der Waals surface area contributed by atoms with Crippen LogP contribution in [-0.2, 0) is 0 Å². The summed E-state index contributed by atoms with van der Waals surface area (Å²) in [4.78, 5) is 0. The Kier molecular flexibility index (Phi) is 3.38. The van der Waals surface area contributed by atoms with Gasteiger partial charge in [0.1, 0.15) is 5.82 Å². The quantitative estimate of drug-likeness (QED) is 0.688. The van der Waals surface area contributed by atoms with Crippen molar-refractivity contribution in [2.75, 3.05) is 6.61 Å². The molecule has 0 radical (unpaired) electrons. The monoisotopic (exact) mass is 203 g/mol. The topological polar surface area (TPSA) is 66.5 Å². The molecule has 1 aromatic rings. The van der Waals surface area contributed by atoms with E-state index in [9.17, 15) is 8.78 Å². The standard InChI is InChI=1S/C9H11F2NO2/c10-6-4-9(14)7(11)3-5(6)8(12)1-2-13/h3-4,8,13-14H,1-2,12H2/t8-/m0/s1. The van der Waals surface area contributed by atoms with Gasteiger partial charge in [-0.15, -0.1) is 0 Å². The average molecular weight is 203 g/mol. The minimum absolute atomic E-state index is 0.0469. The normalized spacial score (nSPS) is 12.9. The van der Waals surface area contributed by atoms with Crippen LogP contribution in [0, 0.1) is 11.6 Å². The van der Waals surface area contributed by atoms with Gasteiger partial charge in [-0.05, 0) is 12.5 Å². The van der Waals surface area contributed by atoms with Crippen molar-refractivity contribution in [2.45, 2.75) is 12.5 Å². The van der Waals surface area contributed by atoms with E-state index in [1.165, 1.54) is 0 Å². The third kappa shape index (κ3) is 2.18. The van der Waals surface area contributed by atoms with Crippen LogP contribution in [-0.4, -0.2) is 16.8 Å². The summed E-state index contributed by atoms with van der Waals surface area (Å²) in [5.74, 6) is -2.44. The Morgan fingerprint density at radius 3 is 2.50 bits per heavy atom. The molecule has 0 heterocycles. The molecule has 0 fully saturated rings. The van der Waals surface area contributed by atoms with Gasteiger partial charge in [-0.25, -0.2) is 8.78 Å². The molecule has 0 unspecified atom stereocenters. The van der Waals surface area contributed by atoms with E-state index >= 15 is 0 Å². The molecule has 78 valence electrons. The smallest absolute Gasteiger partial charge is 0.165 e. The lowest BCUT2D eigenvalue weighted by molar-refractivity contribution is 0.275. The molecule has 1 rings (SSSR count). The van der Waals surface area contributed by atoms with Crippen LogP contribution in [0.4, 0.5) is 8.78 Å². The summed E-state index contributed by atoms with van der Waals surface area (Å²) in [5.41, 5.74) is 5.43. The van der Waals surface area contributed by atoms with Crippen LogP contribution in [0.1, 0.15) is 18.0 Å². The number of aliphatic hydroxyl groups excluding tert-OH is 1. The second-order valence-corrected chi connectivity index (χ2v) is 2.94. The fourth-order valence-electron chi connectivity index (χ4n) is 1.13. The molecular weight excluding hydrogens is 192 g/mol. The van der Waals surface area contributed by atoms with Gasteiger partial charge in [-0.2, -0.15) is 0 Å². The second kappa shape index (κ2) is 4.34. The molecule has 0 aliphatic carbocycles. The zero-order chi connectivity index (χ0) is 10.7. The van der Waals surface area contributed by atoms with E-state index in [0.717, 1.165) is 6.07 Å². The predicted octanol–water partition coefficient (Wildman–Crippen LogP) is 1.05. The zero-order valence-corrected chi connectivity index (χ0v) is 7.37. The van der Waals surface area contributed by atoms with Crippen molar-refractivity contribution in [3.63, 3.8) is 0 Å². The molecule has 0 saturated carbocycles. The minimum atomic E-state index is -0.921. The summed E-state index contributed by atoms with van der Waals surface area (Å²) < 4.78 is 25.9. The number of benzene rings is 1. The largest absolute Gasteiger partial charge is 0.505 e. The molecule has 3 nitrogen and oxygen atoms in total. The van der Waals surface area contributed by atoms with E-state index in [-0.39, 0.29) is 18.6 Å². The maximum atomic E-state index is 13.1. The number of hydrogen-bond donors (Lipinski definition) is 3. The van der Waals surface area contributed by atoms with Gasteiger partial charge in [-0.3, -0.25) is 0 Å². The first kappa shape index (κ1) is 10.9. The summed E-state index contributed by atoms with van der Waals surface area (Å²) >= 11 is 0. The summed E-state index contributed by atoms with van der Waals surface area (Å²) in [5, 5.41) is 17.4. The highest BCUT2D eigenvalue weighted by atomic mass is 19.1. The molecular formula is C9H11F2NO2. The molecule has 0 aliphatic rings. The highest BCUT2D eigenvalue weighted by Gasteiger charge is 2.14. The number of rotatable bonds is 3. The zero-order valence-electron chi connectivity index (χ0n) is 7.37. The van der Waals surface area contributed by atoms with Crippen molar-refractivity contribution in [3.05, 3.63) is 29.3 Å². The van der Waals surface area contributed by atoms with Gasteiger partial charge in [0, 0.05) is 24.3 Å². The van der Waals surface area contributed by atoms with E-state index in [2.05, 4.69) is 0 Å². The van der Waals surface area contributed by atoms with Crippen LogP contribution in [0.2, 0.25) is 0 Å². The maximum absolute atomic E-state index is 13.1. The second-order valence-electron chi connectivity index (χ2n) is 2.94. The summed E-state index contributed by atoms with van der Waals surface area (Å²) in [7, 11) is 0. The van der Waals surface area contributed by atoms with Gasteiger partial charge in [-0.1, -0.05) is 0 Å². The number of phenols is 1. The highest BCUT2D eigenvalue weighted by Crippen LogP contribution is 2.24. The fraction of sp³-hybridized carbons (Fsp3) is 0.333. The van der Waals surface area contributed by atoms with Crippen molar-refractivity contribution >= 4 is 0 Å². The molecule has 0 spiro atoms. The SMILES string of the molecule is N[C@@H](CCO)c1cc(F)c(O)cc1F. The van der Waals surface area contributed by atoms with Crippen molar-refractivity contribution in [3.8, 4) is 5.75 Å². The number of nitrogens with two attached hydrogens (primary N) is 1.